The highest BCUT2D eigenvalue weighted by Crippen LogP contribution is 2.26. The number of aryl methyl sites for hydroxylation is 2. The van der Waals surface area contributed by atoms with E-state index in [0.717, 1.165) is 22.4 Å². The summed E-state index contributed by atoms with van der Waals surface area (Å²) in [7, 11) is 0. The second-order valence-corrected chi connectivity index (χ2v) is 7.91. The quantitative estimate of drug-likeness (QED) is 0.554. The zero-order valence-electron chi connectivity index (χ0n) is 17.5. The number of rotatable bonds is 7. The van der Waals surface area contributed by atoms with Crippen molar-refractivity contribution in [3.63, 3.8) is 0 Å². The number of hydrogen-bond acceptors (Lipinski definition) is 5. The number of nitrogens with one attached hydrogen (secondary N) is 2. The van der Waals surface area contributed by atoms with E-state index in [-0.39, 0.29) is 17.6 Å². The lowest BCUT2D eigenvalue weighted by Gasteiger charge is -2.10. The topological polar surface area (TPSA) is 88.9 Å². The SMILES string of the molecule is CCn1c(SCC(=O)Nc2cc(C)ccc2C)nnc1-c1cccc(NC(C)=O)c1. The van der Waals surface area contributed by atoms with Gasteiger partial charge in [0.15, 0.2) is 11.0 Å². The van der Waals surface area contributed by atoms with Crippen molar-refractivity contribution in [1.82, 2.24) is 14.8 Å². The first-order valence-corrected chi connectivity index (χ1v) is 10.7. The highest BCUT2D eigenvalue weighted by atomic mass is 32.2. The predicted molar refractivity (Wildman–Crippen MR) is 121 cm³/mol. The summed E-state index contributed by atoms with van der Waals surface area (Å²) in [5.41, 5.74) is 4.50. The molecule has 8 heteroatoms. The first-order chi connectivity index (χ1) is 14.4. The summed E-state index contributed by atoms with van der Waals surface area (Å²) in [6, 6.07) is 13.4. The van der Waals surface area contributed by atoms with Crippen LogP contribution in [0.5, 0.6) is 0 Å². The number of amides is 2. The van der Waals surface area contributed by atoms with Gasteiger partial charge in [-0.25, -0.2) is 0 Å². The van der Waals surface area contributed by atoms with Gasteiger partial charge in [-0.2, -0.15) is 0 Å². The second-order valence-electron chi connectivity index (χ2n) is 6.97. The minimum atomic E-state index is -0.129. The zero-order valence-corrected chi connectivity index (χ0v) is 18.3. The third-order valence-electron chi connectivity index (χ3n) is 4.47. The van der Waals surface area contributed by atoms with Gasteiger partial charge in [0, 0.05) is 30.4 Å². The Hall–Kier alpha value is -3.13. The van der Waals surface area contributed by atoms with Crippen molar-refractivity contribution < 1.29 is 9.59 Å². The molecule has 0 aliphatic rings. The van der Waals surface area contributed by atoms with Crippen molar-refractivity contribution in [3.05, 3.63) is 53.6 Å². The lowest BCUT2D eigenvalue weighted by atomic mass is 10.1. The largest absolute Gasteiger partial charge is 0.326 e. The average Bonchev–Trinajstić information content (AvgIpc) is 3.12. The van der Waals surface area contributed by atoms with Gasteiger partial charge in [-0.15, -0.1) is 10.2 Å². The molecule has 0 unspecified atom stereocenters. The van der Waals surface area contributed by atoms with Crippen LogP contribution in [0.4, 0.5) is 11.4 Å². The van der Waals surface area contributed by atoms with Crippen molar-refractivity contribution in [2.75, 3.05) is 16.4 Å². The normalized spacial score (nSPS) is 10.7. The highest BCUT2D eigenvalue weighted by Gasteiger charge is 2.15. The summed E-state index contributed by atoms with van der Waals surface area (Å²) in [4.78, 5) is 23.8. The molecule has 2 N–H and O–H groups in total. The fourth-order valence-electron chi connectivity index (χ4n) is 3.02. The summed E-state index contributed by atoms with van der Waals surface area (Å²) >= 11 is 1.35. The molecule has 1 heterocycles. The van der Waals surface area contributed by atoms with Crippen LogP contribution < -0.4 is 10.6 Å². The van der Waals surface area contributed by atoms with E-state index in [0.29, 0.717) is 23.2 Å². The van der Waals surface area contributed by atoms with Crippen molar-refractivity contribution in [3.8, 4) is 11.4 Å². The van der Waals surface area contributed by atoms with Crippen LogP contribution in [0.1, 0.15) is 25.0 Å². The maximum Gasteiger partial charge on any atom is 0.234 e. The van der Waals surface area contributed by atoms with Crippen LogP contribution in [0.25, 0.3) is 11.4 Å². The van der Waals surface area contributed by atoms with Crippen LogP contribution in [-0.4, -0.2) is 32.3 Å². The molecule has 0 bridgehead atoms. The minimum Gasteiger partial charge on any atom is -0.326 e. The first-order valence-electron chi connectivity index (χ1n) is 9.68. The first kappa shape index (κ1) is 21.6. The number of thioether (sulfide) groups is 1. The maximum atomic E-state index is 12.4. The van der Waals surface area contributed by atoms with E-state index < -0.39 is 0 Å². The van der Waals surface area contributed by atoms with Crippen LogP contribution in [0.2, 0.25) is 0 Å². The molecule has 0 aliphatic heterocycles. The molecule has 156 valence electrons. The van der Waals surface area contributed by atoms with Crippen LogP contribution in [0.15, 0.2) is 47.6 Å². The van der Waals surface area contributed by atoms with E-state index in [2.05, 4.69) is 20.8 Å². The van der Waals surface area contributed by atoms with Gasteiger partial charge < -0.3 is 15.2 Å². The molecule has 30 heavy (non-hydrogen) atoms. The lowest BCUT2D eigenvalue weighted by molar-refractivity contribution is -0.114. The Morgan fingerprint density at radius 1 is 1.07 bits per heavy atom. The number of benzene rings is 2. The third-order valence-corrected chi connectivity index (χ3v) is 5.44. The average molecular weight is 424 g/mol. The summed E-state index contributed by atoms with van der Waals surface area (Å²) in [5, 5.41) is 15.0. The van der Waals surface area contributed by atoms with Crippen LogP contribution in [-0.2, 0) is 16.1 Å². The predicted octanol–water partition coefficient (Wildman–Crippen LogP) is 4.27. The van der Waals surface area contributed by atoms with E-state index >= 15 is 0 Å². The van der Waals surface area contributed by atoms with Crippen molar-refractivity contribution in [1.29, 1.82) is 0 Å². The molecular weight excluding hydrogens is 398 g/mol. The third kappa shape index (κ3) is 5.27. The van der Waals surface area contributed by atoms with Gasteiger partial charge in [-0.05, 0) is 50.1 Å². The van der Waals surface area contributed by atoms with Gasteiger partial charge in [-0.3, -0.25) is 9.59 Å². The van der Waals surface area contributed by atoms with E-state index in [1.54, 1.807) is 0 Å². The maximum absolute atomic E-state index is 12.4. The minimum absolute atomic E-state index is 0.0893. The molecule has 0 spiro atoms. The van der Waals surface area contributed by atoms with E-state index in [1.165, 1.54) is 18.7 Å². The zero-order chi connectivity index (χ0) is 21.7. The molecule has 0 atom stereocenters. The number of carbonyl (C=O) groups excluding carboxylic acids is 2. The van der Waals surface area contributed by atoms with Crippen LogP contribution in [0, 0.1) is 13.8 Å². The molecule has 0 aliphatic carbocycles. The summed E-state index contributed by atoms with van der Waals surface area (Å²) in [6.45, 7) is 8.10. The summed E-state index contributed by atoms with van der Waals surface area (Å²) in [6.07, 6.45) is 0. The smallest absolute Gasteiger partial charge is 0.234 e. The van der Waals surface area contributed by atoms with Gasteiger partial charge in [0.05, 0.1) is 5.75 Å². The van der Waals surface area contributed by atoms with Gasteiger partial charge >= 0.3 is 0 Å². The Balaban J connectivity index is 1.72. The van der Waals surface area contributed by atoms with E-state index in [9.17, 15) is 9.59 Å². The molecule has 0 radical (unpaired) electrons. The Morgan fingerprint density at radius 3 is 2.60 bits per heavy atom. The summed E-state index contributed by atoms with van der Waals surface area (Å²) in [5.74, 6) is 0.711. The monoisotopic (exact) mass is 423 g/mol. The molecule has 0 saturated heterocycles. The lowest BCUT2D eigenvalue weighted by Crippen LogP contribution is -2.15. The van der Waals surface area contributed by atoms with E-state index in [4.69, 9.17) is 0 Å². The molecule has 1 aromatic heterocycles. The van der Waals surface area contributed by atoms with Gasteiger partial charge in [0.2, 0.25) is 11.8 Å². The fourth-order valence-corrected chi connectivity index (χ4v) is 3.82. The second kappa shape index (κ2) is 9.58. The number of carbonyl (C=O) groups is 2. The van der Waals surface area contributed by atoms with Gasteiger partial charge in [-0.1, -0.05) is 36.0 Å². The van der Waals surface area contributed by atoms with Crippen molar-refractivity contribution >= 4 is 35.0 Å². The molecule has 0 fully saturated rings. The molecule has 0 saturated carbocycles. The number of hydrogen-bond donors (Lipinski definition) is 2. The van der Waals surface area contributed by atoms with Crippen molar-refractivity contribution in [2.24, 2.45) is 0 Å². The highest BCUT2D eigenvalue weighted by molar-refractivity contribution is 7.99. The molecule has 7 nitrogen and oxygen atoms in total. The summed E-state index contributed by atoms with van der Waals surface area (Å²) < 4.78 is 1.96. The molecule has 3 rings (SSSR count). The molecule has 3 aromatic rings. The van der Waals surface area contributed by atoms with E-state index in [1.807, 2.05) is 67.8 Å². The number of anilines is 2. The Kier molecular flexibility index (Phi) is 6.89. The number of nitrogens with zero attached hydrogens (tertiary/aromatic N) is 3. The molecular formula is C22H25N5O2S. The molecule has 2 aromatic carbocycles. The van der Waals surface area contributed by atoms with Gasteiger partial charge in [0.1, 0.15) is 0 Å². The van der Waals surface area contributed by atoms with Crippen molar-refractivity contribution in [2.45, 2.75) is 39.4 Å². The Labute approximate surface area is 180 Å². The standard InChI is InChI=1S/C22H25N5O2S/c1-5-27-21(17-7-6-8-18(12-17)23-16(4)28)25-26-22(27)30-13-20(29)24-19-11-14(2)9-10-15(19)3/h6-12H,5,13H2,1-4H3,(H,23,28)(H,24,29). The molecule has 2 amide bonds. The number of aromatic nitrogens is 3. The van der Waals surface area contributed by atoms with Gasteiger partial charge in [0.25, 0.3) is 0 Å². The Morgan fingerprint density at radius 2 is 1.87 bits per heavy atom. The van der Waals surface area contributed by atoms with Crippen LogP contribution >= 0.6 is 11.8 Å². The fraction of sp³-hybridized carbons (Fsp3) is 0.273. The van der Waals surface area contributed by atoms with Crippen LogP contribution in [0.3, 0.4) is 0 Å². The Bertz CT molecular complexity index is 1080.